The summed E-state index contributed by atoms with van der Waals surface area (Å²) in [5.74, 6) is -1.60. The lowest BCUT2D eigenvalue weighted by Gasteiger charge is -2.37. The van der Waals surface area contributed by atoms with Crippen LogP contribution in [-0.4, -0.2) is 218 Å². The van der Waals surface area contributed by atoms with Gasteiger partial charge in [-0.15, -0.1) is 0 Å². The number of hydrogen-bond donors (Lipinski definition) is 6. The van der Waals surface area contributed by atoms with Crippen molar-refractivity contribution >= 4 is 89.2 Å². The van der Waals surface area contributed by atoms with Crippen LogP contribution in [0.2, 0.25) is 0 Å². The molecule has 8 fully saturated rings. The van der Waals surface area contributed by atoms with E-state index < -0.39 is 131 Å². The third-order valence-electron chi connectivity index (χ3n) is 25.9. The van der Waals surface area contributed by atoms with Gasteiger partial charge in [-0.1, -0.05) is 108 Å². The van der Waals surface area contributed by atoms with Gasteiger partial charge in [0.2, 0.25) is 17.7 Å². The van der Waals surface area contributed by atoms with Crippen LogP contribution in [0, 0.1) is 57.2 Å². The summed E-state index contributed by atoms with van der Waals surface area (Å²) >= 11 is 0. The normalized spacial score (nSPS) is 32.7. The van der Waals surface area contributed by atoms with Crippen LogP contribution in [0.1, 0.15) is 217 Å². The molecule has 0 spiro atoms. The van der Waals surface area contributed by atoms with Crippen molar-refractivity contribution in [1.82, 2.24) is 55.6 Å². The fourth-order valence-electron chi connectivity index (χ4n) is 19.0. The van der Waals surface area contributed by atoms with Crippen molar-refractivity contribution in [3.05, 3.63) is 65.5 Å². The molecule has 3 saturated carbocycles. The molecule has 11 aliphatic rings. The van der Waals surface area contributed by atoms with E-state index in [9.17, 15) is 38.4 Å². The zero-order valence-electron chi connectivity index (χ0n) is 70.2. The molecule has 31 heteroatoms. The first-order chi connectivity index (χ1) is 55.7. The van der Waals surface area contributed by atoms with Crippen LogP contribution in [0.3, 0.4) is 0 Å². The van der Waals surface area contributed by atoms with Crippen molar-refractivity contribution in [3.63, 3.8) is 0 Å². The molecule has 6 N–H and O–H groups in total. The molecule has 3 aliphatic carbocycles. The molecule has 2 aromatic heterocycles. The lowest BCUT2D eigenvalue weighted by molar-refractivity contribution is -0.142. The Morgan fingerprint density at radius 1 is 0.590 bits per heavy atom. The molecule has 6 bridgehead atoms. The van der Waals surface area contributed by atoms with E-state index in [0.29, 0.717) is 79.3 Å². The van der Waals surface area contributed by atoms with E-state index in [1.54, 1.807) is 37.2 Å². The third-order valence-corrected chi connectivity index (χ3v) is 25.9. The third kappa shape index (κ3) is 19.4. The number of aromatic nitrogens is 2. The number of hydrogen-bond acceptors (Lipinski definition) is 22. The fraction of sp³-hybridized carbons (Fsp3) is 0.686. The largest absolute Gasteiger partial charge is 0.488 e. The zero-order valence-corrected chi connectivity index (χ0v) is 70.2. The summed E-state index contributed by atoms with van der Waals surface area (Å²) < 4.78 is 40.6. The van der Waals surface area contributed by atoms with E-state index in [1.807, 2.05) is 72.1 Å². The summed E-state index contributed by atoms with van der Waals surface area (Å²) in [6.45, 7) is 23.2. The van der Waals surface area contributed by atoms with Crippen LogP contribution in [0.5, 0.6) is 5.75 Å². The van der Waals surface area contributed by atoms with E-state index in [4.69, 9.17) is 53.8 Å². The van der Waals surface area contributed by atoms with Crippen molar-refractivity contribution in [1.29, 1.82) is 5.41 Å². The van der Waals surface area contributed by atoms with Gasteiger partial charge in [0, 0.05) is 84.6 Å². The number of rotatable bonds is 13. The van der Waals surface area contributed by atoms with Gasteiger partial charge in [-0.25, -0.2) is 34.1 Å². The molecule has 0 radical (unpaired) electrons. The van der Waals surface area contributed by atoms with Crippen molar-refractivity contribution in [2.45, 2.75) is 291 Å². The highest BCUT2D eigenvalue weighted by Gasteiger charge is 2.56. The quantitative estimate of drug-likeness (QED) is 0.0801. The molecule has 18 atom stereocenters. The van der Waals surface area contributed by atoms with Gasteiger partial charge in [-0.2, -0.15) is 4.99 Å². The first kappa shape index (κ1) is 85.2. The maximum Gasteiger partial charge on any atom is 0.408 e. The van der Waals surface area contributed by atoms with Crippen LogP contribution >= 0.6 is 0 Å². The van der Waals surface area contributed by atoms with Gasteiger partial charge in [0.05, 0.1) is 43.5 Å². The molecule has 8 aliphatic heterocycles. The number of ketones is 3. The minimum Gasteiger partial charge on any atom is -0.488 e. The molecule has 117 heavy (non-hydrogen) atoms. The number of Topliss-reactive ketones (excluding diaryl/α,β-unsaturated/α-hetero) is 3. The number of aliphatic imine (C=N–C) groups is 3. The molecule has 0 aromatic carbocycles. The Morgan fingerprint density at radius 3 is 1.67 bits per heavy atom. The van der Waals surface area contributed by atoms with E-state index in [2.05, 4.69) is 26.6 Å². The number of amidine groups is 1. The number of amides is 8. The van der Waals surface area contributed by atoms with E-state index in [-0.39, 0.29) is 104 Å². The second kappa shape index (κ2) is 35.5. The van der Waals surface area contributed by atoms with E-state index >= 15 is 9.59 Å². The van der Waals surface area contributed by atoms with Gasteiger partial charge in [0.1, 0.15) is 77.8 Å². The highest BCUT2D eigenvalue weighted by molar-refractivity contribution is 6.01. The number of aryl methyl sites for hydroxylation is 1. The van der Waals surface area contributed by atoms with Crippen LogP contribution in [-0.2, 0) is 65.3 Å². The van der Waals surface area contributed by atoms with Crippen LogP contribution in [0.25, 0.3) is 5.65 Å². The van der Waals surface area contributed by atoms with Crippen molar-refractivity contribution < 1.29 is 76.4 Å². The van der Waals surface area contributed by atoms with Crippen LogP contribution in [0.15, 0.2) is 69.2 Å². The van der Waals surface area contributed by atoms with Crippen molar-refractivity contribution in [2.75, 3.05) is 32.7 Å². The summed E-state index contributed by atoms with van der Waals surface area (Å²) in [6.07, 6.45) is 20.0. The number of pyridine rings is 1. The second-order valence-electron chi connectivity index (χ2n) is 36.8. The molecule has 0 unspecified atom stereocenters. The molecule has 31 nitrogen and oxygen atoms in total. The number of nitrogens with zero attached hydrogens (tertiary/aromatic N) is 9. The molecule has 13 rings (SSSR count). The van der Waals surface area contributed by atoms with Gasteiger partial charge in [-0.3, -0.25) is 39.1 Å². The molecule has 8 amide bonds. The van der Waals surface area contributed by atoms with Gasteiger partial charge in [-0.05, 0) is 151 Å². The minimum absolute atomic E-state index is 0.0320. The van der Waals surface area contributed by atoms with Crippen molar-refractivity contribution in [2.24, 2.45) is 66.7 Å². The molecule has 10 heterocycles. The summed E-state index contributed by atoms with van der Waals surface area (Å²) in [6, 6.07) is -5.00. The second-order valence-corrected chi connectivity index (χ2v) is 36.8. The Morgan fingerprint density at radius 2 is 1.11 bits per heavy atom. The maximum atomic E-state index is 16.0. The predicted octanol–water partition coefficient (Wildman–Crippen LogP) is 10.4. The number of carbonyl (C=O) groups is 10. The van der Waals surface area contributed by atoms with Gasteiger partial charge in [0.15, 0.2) is 23.1 Å². The molecule has 2 aromatic rings. The summed E-state index contributed by atoms with van der Waals surface area (Å²) in [5, 5.41) is 22.5. The van der Waals surface area contributed by atoms with Crippen molar-refractivity contribution in [3.8, 4) is 5.75 Å². The fourth-order valence-corrected chi connectivity index (χ4v) is 19.0. The summed E-state index contributed by atoms with van der Waals surface area (Å²) in [4.78, 5) is 170. The highest BCUT2D eigenvalue weighted by atomic mass is 16.6. The number of imidazole rings is 1. The number of fused-ring (bicyclic) bond motifs is 13. The van der Waals surface area contributed by atoms with E-state index in [1.165, 1.54) is 47.8 Å². The smallest absolute Gasteiger partial charge is 0.408 e. The number of nitrogens with one attached hydrogen (secondary N) is 6. The highest BCUT2D eigenvalue weighted by Crippen LogP contribution is 2.45. The van der Waals surface area contributed by atoms with Crippen LogP contribution in [0.4, 0.5) is 19.2 Å². The lowest BCUT2D eigenvalue weighted by atomic mass is 9.79. The summed E-state index contributed by atoms with van der Waals surface area (Å²) in [7, 11) is 0. The van der Waals surface area contributed by atoms with Gasteiger partial charge >= 0.3 is 30.3 Å². The Kier molecular flexibility index (Phi) is 25.8. The van der Waals surface area contributed by atoms with Gasteiger partial charge < -0.3 is 74.2 Å². The first-order valence-corrected chi connectivity index (χ1v) is 42.7. The Balaban J connectivity index is 0.760. The lowest BCUT2D eigenvalue weighted by Crippen LogP contribution is -2.58. The van der Waals surface area contributed by atoms with Crippen LogP contribution < -0.4 is 31.3 Å². The number of urea groups is 1. The summed E-state index contributed by atoms with van der Waals surface area (Å²) in [5.41, 5.74) is -0.180. The Hall–Kier alpha value is -9.71. The number of ether oxygens (including phenoxy) is 6. The average Bonchev–Trinajstić information content (AvgIpc) is 1.64. The molecular formula is C86H121N15O16. The standard InChI is InChI=1S/C86H121N15O16/c1-14-56-65-44-100(71(56)49(5)103)78(107)75(96-83(111)117-60-36-52(60)26-20-17-23-29-58-63(113-65)41-89-67(91-58)30-32-87)86(12,13)46-88-33-31-68-92-79(108)97-34-24-18-22-27-53-37-61(53)116-82(110)95-74(77(106)101-45-66(114-80(97)93-68)57(15-2)72(101)50(6)104)85(10,11)39-55-40-90-69-38-62-54(42-98(55)69)28-21-16-19-25-51-35-59(51)115-81(109)94-73(84(7,8)9)76(105)99-43-64(112-62)47(3)70(99)48(4)102/h30-33,38,40-42,47,51-53,56-57,59-61,64-66,70-75,87,89H,14-29,34-37,39,43-46H2,1-13H3,(H,92,108)(H,94,109)(H,95,110)(H,96,111)/b67-30+,68-31+,87-32?,88-33+/t47-,51-,52-,53-,56-,57-,59-,60-,61-,64+,65+,66+,70+,71-,72-,73-,74-,75-/m1/s1. The van der Waals surface area contributed by atoms with E-state index in [0.717, 1.165) is 88.8 Å². The first-order valence-electron chi connectivity index (χ1n) is 42.7. The Labute approximate surface area is 685 Å². The zero-order chi connectivity index (χ0) is 83.7. The average molecular weight is 1620 g/mol. The Bertz CT molecular complexity index is 4360. The maximum absolute atomic E-state index is 16.0. The monoisotopic (exact) mass is 1620 g/mol. The number of alkyl carbamates (subject to hydrolysis) is 3. The molecule has 636 valence electrons. The molecule has 5 saturated heterocycles. The minimum atomic E-state index is -1.29. The SMILES string of the molecule is CC[C@@H]1[C@@H]2CN(C(=O)[C@H](C(C)(C)C/N=C/C=C3/N=C4O[C@H]5CN(C(=O)[C@H](C(C)(C)Cc6cnc7cc8c(cn67)CCCCC[C@@H]6C[C@H]6OC(=O)N[C@@H](C(C)(C)C)C(=O)N6C[C@H](O8)[C@@H](C)[C@H]6C(C)=O)NC(=O)O[C@@H]6C[C@H]6CCCCCN4C(=O)N3)[C@H](C(C)=O)[C@@H]5CC)NC(=O)O[C@@H]3C[C@H]3CCCCCC3=N/C(=C/C=N)NC=C3O2)[C@@H]1C(C)=O. The molecular weight excluding hydrogens is 1500 g/mol. The van der Waals surface area contributed by atoms with Gasteiger partial charge in [0.25, 0.3) is 0 Å². The predicted molar refractivity (Wildman–Crippen MR) is 435 cm³/mol. The topological polar surface area (TPSA) is 377 Å². The number of allylic oxidation sites excluding steroid dienone is 3. The number of carbonyl (C=O) groups excluding carboxylic acids is 10.